The number of aryl methyl sites for hydroxylation is 1. The van der Waals surface area contributed by atoms with Crippen molar-refractivity contribution in [2.45, 2.75) is 50.9 Å². The van der Waals surface area contributed by atoms with Crippen LogP contribution in [0.2, 0.25) is 0 Å². The summed E-state index contributed by atoms with van der Waals surface area (Å²) in [6, 6.07) is 18.7. The van der Waals surface area contributed by atoms with E-state index in [0.29, 0.717) is 24.8 Å². The summed E-state index contributed by atoms with van der Waals surface area (Å²) < 4.78 is 0. The molecular weight excluding hydrogens is 438 g/mol. The summed E-state index contributed by atoms with van der Waals surface area (Å²) in [5.41, 5.74) is 6.59. The zero-order valence-electron chi connectivity index (χ0n) is 19.8. The van der Waals surface area contributed by atoms with Crippen molar-refractivity contribution in [2.24, 2.45) is 5.92 Å². The summed E-state index contributed by atoms with van der Waals surface area (Å²) in [6.07, 6.45) is 9.64. The van der Waals surface area contributed by atoms with E-state index in [-0.39, 0.29) is 6.03 Å². The van der Waals surface area contributed by atoms with E-state index in [0.717, 1.165) is 55.5 Å². The first kappa shape index (κ1) is 23.1. The minimum atomic E-state index is -0.680. The lowest BCUT2D eigenvalue weighted by Crippen LogP contribution is -2.38. The van der Waals surface area contributed by atoms with E-state index in [1.54, 1.807) is 24.5 Å². The average Bonchev–Trinajstić information content (AvgIpc) is 2.89. The first-order valence-corrected chi connectivity index (χ1v) is 12.5. The second-order valence-electron chi connectivity index (χ2n) is 9.70. The van der Waals surface area contributed by atoms with Gasteiger partial charge in [-0.05, 0) is 96.9 Å². The number of anilines is 2. The quantitative estimate of drug-likeness (QED) is 0.448. The third-order valence-electron chi connectivity index (χ3n) is 7.40. The van der Waals surface area contributed by atoms with Gasteiger partial charge in [-0.3, -0.25) is 14.7 Å². The highest BCUT2D eigenvalue weighted by Gasteiger charge is 2.25. The van der Waals surface area contributed by atoms with Crippen molar-refractivity contribution in [1.82, 2.24) is 4.98 Å². The Morgan fingerprint density at radius 2 is 1.66 bits per heavy atom. The van der Waals surface area contributed by atoms with Crippen LogP contribution >= 0.6 is 0 Å². The van der Waals surface area contributed by atoms with Crippen molar-refractivity contribution in [3.05, 3.63) is 78.1 Å². The molecule has 6 nitrogen and oxygen atoms in total. The maximum atomic E-state index is 12.9. The van der Waals surface area contributed by atoms with Gasteiger partial charge in [0.2, 0.25) is 0 Å². The van der Waals surface area contributed by atoms with Crippen LogP contribution < -0.4 is 10.2 Å². The Labute approximate surface area is 206 Å². The number of nitrogens with one attached hydrogen (secondary N) is 1. The normalized spacial score (nSPS) is 19.6. The lowest BCUT2D eigenvalue weighted by Gasteiger charge is -2.30. The van der Waals surface area contributed by atoms with Gasteiger partial charge >= 0.3 is 12.0 Å². The Kier molecular flexibility index (Phi) is 6.80. The third-order valence-corrected chi connectivity index (χ3v) is 7.40. The Hall–Kier alpha value is -3.67. The van der Waals surface area contributed by atoms with E-state index in [9.17, 15) is 9.59 Å². The van der Waals surface area contributed by atoms with Crippen LogP contribution in [0.3, 0.4) is 0 Å². The zero-order chi connectivity index (χ0) is 24.2. The molecule has 3 aromatic rings. The van der Waals surface area contributed by atoms with Crippen molar-refractivity contribution in [3.8, 4) is 11.1 Å². The molecule has 2 amide bonds. The summed E-state index contributed by atoms with van der Waals surface area (Å²) in [5, 5.41) is 12.0. The second-order valence-corrected chi connectivity index (χ2v) is 9.70. The fourth-order valence-corrected chi connectivity index (χ4v) is 5.51. The lowest BCUT2D eigenvalue weighted by atomic mass is 9.77. The van der Waals surface area contributed by atoms with Gasteiger partial charge in [-0.1, -0.05) is 30.3 Å². The predicted molar refractivity (Wildman–Crippen MR) is 138 cm³/mol. The summed E-state index contributed by atoms with van der Waals surface area (Å²) in [5.74, 6) is 0.162. The van der Waals surface area contributed by atoms with Crippen molar-refractivity contribution >= 4 is 23.4 Å². The molecule has 0 bridgehead atoms. The van der Waals surface area contributed by atoms with Gasteiger partial charge in [-0.25, -0.2) is 4.79 Å². The number of carboxylic acid groups (broad SMARTS) is 1. The minimum absolute atomic E-state index is 0.118. The number of carbonyl (C=O) groups excluding carboxylic acids is 1. The van der Waals surface area contributed by atoms with Crippen LogP contribution in [-0.4, -0.2) is 28.6 Å². The van der Waals surface area contributed by atoms with Crippen LogP contribution in [0, 0.1) is 5.92 Å². The Morgan fingerprint density at radius 1 is 0.943 bits per heavy atom. The SMILES string of the molecule is O=C(O)C[C@H]1CC[C@H](c2ccc(-c3ccc4c(c3)CCCN4C(=O)Nc3ccncc3)cc2)CC1. The van der Waals surface area contributed by atoms with E-state index < -0.39 is 5.97 Å². The molecule has 180 valence electrons. The van der Waals surface area contributed by atoms with Crippen molar-refractivity contribution in [2.75, 3.05) is 16.8 Å². The van der Waals surface area contributed by atoms with Crippen LogP contribution in [0.4, 0.5) is 16.2 Å². The van der Waals surface area contributed by atoms with E-state index in [4.69, 9.17) is 5.11 Å². The summed E-state index contributed by atoms with van der Waals surface area (Å²) in [4.78, 5) is 29.7. The van der Waals surface area contributed by atoms with Gasteiger partial charge in [0.15, 0.2) is 0 Å². The van der Waals surface area contributed by atoms with Gasteiger partial charge in [0.25, 0.3) is 0 Å². The Balaban J connectivity index is 1.27. The van der Waals surface area contributed by atoms with Gasteiger partial charge in [-0.2, -0.15) is 0 Å². The average molecular weight is 470 g/mol. The highest BCUT2D eigenvalue weighted by atomic mass is 16.4. The van der Waals surface area contributed by atoms with Crippen molar-refractivity contribution in [1.29, 1.82) is 0 Å². The summed E-state index contributed by atoms with van der Waals surface area (Å²) in [7, 11) is 0. The predicted octanol–water partition coefficient (Wildman–Crippen LogP) is 6.48. The second kappa shape index (κ2) is 10.3. The van der Waals surface area contributed by atoms with Gasteiger partial charge < -0.3 is 10.4 Å². The summed E-state index contributed by atoms with van der Waals surface area (Å²) >= 11 is 0. The first-order chi connectivity index (χ1) is 17.1. The molecule has 0 spiro atoms. The molecule has 6 heteroatoms. The molecule has 1 aliphatic carbocycles. The molecule has 2 heterocycles. The number of urea groups is 1. The van der Waals surface area contributed by atoms with E-state index >= 15 is 0 Å². The highest BCUT2D eigenvalue weighted by Crippen LogP contribution is 2.38. The molecular formula is C29H31N3O3. The Bertz CT molecular complexity index is 1190. The van der Waals surface area contributed by atoms with Crippen molar-refractivity contribution < 1.29 is 14.7 Å². The minimum Gasteiger partial charge on any atom is -0.481 e. The fraction of sp³-hybridized carbons (Fsp3) is 0.345. The monoisotopic (exact) mass is 469 g/mol. The van der Waals surface area contributed by atoms with Crippen LogP contribution in [0.5, 0.6) is 0 Å². The maximum absolute atomic E-state index is 12.9. The third kappa shape index (κ3) is 5.37. The van der Waals surface area contributed by atoms with Gasteiger partial charge in [0.05, 0.1) is 0 Å². The largest absolute Gasteiger partial charge is 0.481 e. The van der Waals surface area contributed by atoms with Crippen molar-refractivity contribution in [3.63, 3.8) is 0 Å². The van der Waals surface area contributed by atoms with Crippen LogP contribution in [0.1, 0.15) is 55.6 Å². The van der Waals surface area contributed by atoms with Gasteiger partial charge in [-0.15, -0.1) is 0 Å². The van der Waals surface area contributed by atoms with Gasteiger partial charge in [0.1, 0.15) is 0 Å². The van der Waals surface area contributed by atoms with Crippen LogP contribution in [0.15, 0.2) is 67.0 Å². The number of nitrogens with zero attached hydrogens (tertiary/aromatic N) is 2. The number of rotatable bonds is 5. The molecule has 1 aliphatic heterocycles. The number of pyridine rings is 1. The molecule has 0 unspecified atom stereocenters. The number of fused-ring (bicyclic) bond motifs is 1. The van der Waals surface area contributed by atoms with E-state index in [2.05, 4.69) is 52.8 Å². The molecule has 1 fully saturated rings. The number of hydrogen-bond acceptors (Lipinski definition) is 3. The molecule has 35 heavy (non-hydrogen) atoms. The standard InChI is InChI=1S/C29H31N3O3/c33-28(34)18-20-3-5-21(6-4-20)22-7-9-23(10-8-22)24-11-12-27-25(19-24)2-1-17-32(27)29(35)31-26-13-15-30-16-14-26/h7-16,19-21H,1-6,17-18H2,(H,33,34)(H,30,31,35)/t20-,21-. The maximum Gasteiger partial charge on any atom is 0.326 e. The summed E-state index contributed by atoms with van der Waals surface area (Å²) in [6.45, 7) is 0.701. The molecule has 0 saturated heterocycles. The fourth-order valence-electron chi connectivity index (χ4n) is 5.51. The Morgan fingerprint density at radius 3 is 2.37 bits per heavy atom. The molecule has 5 rings (SSSR count). The molecule has 0 radical (unpaired) electrons. The first-order valence-electron chi connectivity index (χ1n) is 12.5. The number of aromatic nitrogens is 1. The lowest BCUT2D eigenvalue weighted by molar-refractivity contribution is -0.138. The molecule has 2 N–H and O–H groups in total. The zero-order valence-corrected chi connectivity index (χ0v) is 19.8. The number of hydrogen-bond donors (Lipinski definition) is 2. The van der Waals surface area contributed by atoms with E-state index in [1.807, 2.05) is 4.90 Å². The van der Waals surface area contributed by atoms with Gasteiger partial charge in [0, 0.05) is 36.7 Å². The number of carboxylic acids is 1. The molecule has 2 aromatic carbocycles. The number of amides is 2. The molecule has 1 saturated carbocycles. The number of benzene rings is 2. The highest BCUT2D eigenvalue weighted by molar-refractivity contribution is 6.02. The molecule has 1 aromatic heterocycles. The van der Waals surface area contributed by atoms with E-state index in [1.165, 1.54) is 16.7 Å². The van der Waals surface area contributed by atoms with Crippen LogP contribution in [0.25, 0.3) is 11.1 Å². The number of carbonyl (C=O) groups is 2. The smallest absolute Gasteiger partial charge is 0.326 e. The molecule has 0 atom stereocenters. The molecule has 2 aliphatic rings. The van der Waals surface area contributed by atoms with Crippen LogP contribution in [-0.2, 0) is 11.2 Å². The number of aliphatic carboxylic acids is 1. The topological polar surface area (TPSA) is 82.5 Å².